The number of H-pyrrole nitrogens is 1. The summed E-state index contributed by atoms with van der Waals surface area (Å²) in [4.78, 5) is 49.9. The van der Waals surface area contributed by atoms with E-state index in [9.17, 15) is 14.4 Å². The average Bonchev–Trinajstić information content (AvgIpc) is 3.51. The maximum atomic E-state index is 14.1. The molecule has 10 nitrogen and oxygen atoms in total. The van der Waals surface area contributed by atoms with Crippen molar-refractivity contribution < 1.29 is 9.59 Å². The molecule has 0 saturated carbocycles. The van der Waals surface area contributed by atoms with Gasteiger partial charge in [0, 0.05) is 53.8 Å². The van der Waals surface area contributed by atoms with E-state index in [1.165, 1.54) is 25.9 Å². The maximum Gasteiger partial charge on any atom is 0.326 e. The zero-order chi connectivity index (χ0) is 33.8. The van der Waals surface area contributed by atoms with E-state index < -0.39 is 6.04 Å². The van der Waals surface area contributed by atoms with Crippen molar-refractivity contribution in [2.45, 2.75) is 64.0 Å². The van der Waals surface area contributed by atoms with Gasteiger partial charge in [-0.15, -0.1) is 0 Å². The number of hydrogen-bond acceptors (Lipinski definition) is 5. The zero-order valence-electron chi connectivity index (χ0n) is 27.7. The highest BCUT2D eigenvalue weighted by atomic mass is 79.9. The Morgan fingerprint density at radius 3 is 2.08 bits per heavy atom. The van der Waals surface area contributed by atoms with E-state index in [1.807, 2.05) is 53.6 Å². The van der Waals surface area contributed by atoms with Crippen molar-refractivity contribution >= 4 is 49.5 Å². The third-order valence-corrected chi connectivity index (χ3v) is 12.1. The van der Waals surface area contributed by atoms with Gasteiger partial charge in [0.2, 0.25) is 5.91 Å². The molecule has 3 saturated heterocycles. The number of anilines is 1. The van der Waals surface area contributed by atoms with Crippen molar-refractivity contribution in [3.05, 3.63) is 73.7 Å². The second-order valence-electron chi connectivity index (χ2n) is 13.6. The Bertz CT molecular complexity index is 1600. The first-order valence-corrected chi connectivity index (χ1v) is 18.9. The number of amides is 3. The maximum absolute atomic E-state index is 14.1. The number of aromatic nitrogens is 2. The molecule has 1 atom stereocenters. The molecular formula is C36H47Br2N7O3. The number of urea groups is 1. The topological polar surface area (TPSA) is 120 Å². The first-order chi connectivity index (χ1) is 23.2. The quantitative estimate of drug-likeness (QED) is 0.247. The Morgan fingerprint density at radius 1 is 0.896 bits per heavy atom. The van der Waals surface area contributed by atoms with Gasteiger partial charge in [-0.1, -0.05) is 37.3 Å². The number of benzene rings is 2. The van der Waals surface area contributed by atoms with Gasteiger partial charge in [-0.3, -0.25) is 9.36 Å². The predicted octanol–water partition coefficient (Wildman–Crippen LogP) is 5.88. The molecule has 3 aliphatic rings. The molecule has 3 aromatic rings. The minimum atomic E-state index is -0.706. The third-order valence-electron chi connectivity index (χ3n) is 10.7. The fourth-order valence-corrected chi connectivity index (χ4v) is 9.06. The van der Waals surface area contributed by atoms with Gasteiger partial charge < -0.3 is 30.7 Å². The van der Waals surface area contributed by atoms with Gasteiger partial charge in [-0.2, -0.15) is 0 Å². The summed E-state index contributed by atoms with van der Waals surface area (Å²) in [5.41, 5.74) is 9.25. The first-order valence-electron chi connectivity index (χ1n) is 17.4. The Kier molecular flexibility index (Phi) is 11.3. The lowest BCUT2D eigenvalue weighted by molar-refractivity contribution is -0.135. The van der Waals surface area contributed by atoms with Gasteiger partial charge in [-0.25, -0.2) is 9.59 Å². The number of hydrogen-bond donors (Lipinski definition) is 3. The van der Waals surface area contributed by atoms with E-state index in [0.717, 1.165) is 64.2 Å². The van der Waals surface area contributed by atoms with Crippen molar-refractivity contribution in [1.29, 1.82) is 0 Å². The summed E-state index contributed by atoms with van der Waals surface area (Å²) >= 11 is 7.07. The van der Waals surface area contributed by atoms with Gasteiger partial charge in [0.15, 0.2) is 0 Å². The van der Waals surface area contributed by atoms with Crippen LogP contribution in [0, 0.1) is 11.8 Å². The average molecular weight is 786 g/mol. The molecule has 258 valence electrons. The largest absolute Gasteiger partial charge is 0.397 e. The first kappa shape index (κ1) is 34.8. The van der Waals surface area contributed by atoms with Crippen LogP contribution in [0.15, 0.2) is 62.4 Å². The number of nitrogens with two attached hydrogens (primary N) is 1. The summed E-state index contributed by atoms with van der Waals surface area (Å²) < 4.78 is 3.26. The highest BCUT2D eigenvalue weighted by Gasteiger charge is 2.35. The van der Waals surface area contributed by atoms with Crippen molar-refractivity contribution in [2.75, 3.05) is 51.5 Å². The molecule has 0 bridgehead atoms. The molecule has 48 heavy (non-hydrogen) atoms. The van der Waals surface area contributed by atoms with Gasteiger partial charge in [-0.05, 0) is 125 Å². The summed E-state index contributed by atoms with van der Waals surface area (Å²) in [5, 5.41) is 3.12. The lowest BCUT2D eigenvalue weighted by atomic mass is 9.78. The number of halogens is 2. The van der Waals surface area contributed by atoms with Crippen LogP contribution in [0.25, 0.3) is 11.3 Å². The zero-order valence-corrected chi connectivity index (χ0v) is 30.8. The molecule has 0 aliphatic carbocycles. The second-order valence-corrected chi connectivity index (χ2v) is 15.3. The smallest absolute Gasteiger partial charge is 0.326 e. The number of carbonyl (C=O) groups excluding carboxylic acids is 2. The Hall–Kier alpha value is -3.09. The highest BCUT2D eigenvalue weighted by Crippen LogP contribution is 2.34. The normalized spacial score (nSPS) is 19.4. The molecule has 2 aromatic carbocycles. The number of piperidine rings is 3. The standard InChI is InChI=1S/C36H47Br2N7O3/c1-2-42-14-8-25(9-15-42)26-10-16-43(17-11-26)34(46)31(22-24-20-29(37)33(39)30(38)21-24)40-35(47)44-18-12-28(13-19-44)45-23-32(41-36(45)48)27-6-4-3-5-7-27/h3-7,20-21,23,25-26,28,31H,2,8-19,22,39H2,1H3,(H,40,47)(H,41,48)/t31-/m0/s1. The molecule has 0 spiro atoms. The molecule has 4 heterocycles. The van der Waals surface area contributed by atoms with Crippen LogP contribution in [0.2, 0.25) is 0 Å². The predicted molar refractivity (Wildman–Crippen MR) is 197 cm³/mol. The molecule has 1 aromatic heterocycles. The van der Waals surface area contributed by atoms with Crippen LogP contribution in [-0.4, -0.2) is 88.0 Å². The van der Waals surface area contributed by atoms with Gasteiger partial charge in [0.25, 0.3) is 0 Å². The lowest BCUT2D eigenvalue weighted by Gasteiger charge is -2.41. The van der Waals surface area contributed by atoms with Crippen LogP contribution in [0.1, 0.15) is 57.1 Å². The monoisotopic (exact) mass is 783 g/mol. The number of nitrogens with one attached hydrogen (secondary N) is 2. The van der Waals surface area contributed by atoms with E-state index >= 15 is 0 Å². The number of rotatable bonds is 8. The summed E-state index contributed by atoms with van der Waals surface area (Å²) in [5.74, 6) is 1.36. The van der Waals surface area contributed by atoms with Crippen molar-refractivity contribution in [3.8, 4) is 11.3 Å². The molecular weight excluding hydrogens is 738 g/mol. The van der Waals surface area contributed by atoms with Crippen molar-refractivity contribution in [3.63, 3.8) is 0 Å². The minimum absolute atomic E-state index is 0.00678. The van der Waals surface area contributed by atoms with E-state index in [0.29, 0.717) is 44.0 Å². The minimum Gasteiger partial charge on any atom is -0.397 e. The van der Waals surface area contributed by atoms with Crippen LogP contribution in [0.5, 0.6) is 0 Å². The van der Waals surface area contributed by atoms with Crippen LogP contribution in [0.4, 0.5) is 10.5 Å². The van der Waals surface area contributed by atoms with Crippen LogP contribution >= 0.6 is 31.9 Å². The molecule has 4 N–H and O–H groups in total. The molecule has 3 amide bonds. The number of nitrogens with zero attached hydrogens (tertiary/aromatic N) is 4. The van der Waals surface area contributed by atoms with E-state index in [4.69, 9.17) is 5.73 Å². The molecule has 0 unspecified atom stereocenters. The second kappa shape index (κ2) is 15.6. The third kappa shape index (κ3) is 8.03. The van der Waals surface area contributed by atoms with Crippen LogP contribution in [0.3, 0.4) is 0 Å². The Morgan fingerprint density at radius 2 is 1.48 bits per heavy atom. The van der Waals surface area contributed by atoms with E-state index in [1.54, 1.807) is 9.47 Å². The summed E-state index contributed by atoms with van der Waals surface area (Å²) in [7, 11) is 0. The SMILES string of the molecule is CCN1CCC(C2CCN(C(=O)[C@H](Cc3cc(Br)c(N)c(Br)c3)NC(=O)N3CCC(n4cc(-c5ccccc5)[nH]c4=O)CC3)CC2)CC1. The molecule has 6 rings (SSSR count). The number of carbonyl (C=O) groups is 2. The van der Waals surface area contributed by atoms with Crippen LogP contribution < -0.4 is 16.7 Å². The van der Waals surface area contributed by atoms with E-state index in [-0.39, 0.29) is 23.7 Å². The summed E-state index contributed by atoms with van der Waals surface area (Å²) in [6, 6.07) is 12.7. The number of aromatic amines is 1. The number of imidazole rings is 1. The summed E-state index contributed by atoms with van der Waals surface area (Å²) in [6.07, 6.45) is 8.06. The van der Waals surface area contributed by atoms with Crippen molar-refractivity contribution in [1.82, 2.24) is 29.6 Å². The lowest BCUT2D eigenvalue weighted by Crippen LogP contribution is -2.55. The number of likely N-dealkylation sites (tertiary alicyclic amines) is 3. The Labute approximate surface area is 299 Å². The van der Waals surface area contributed by atoms with Gasteiger partial charge >= 0.3 is 11.7 Å². The van der Waals surface area contributed by atoms with E-state index in [2.05, 4.69) is 54.0 Å². The number of nitrogen functional groups attached to an aromatic ring is 1. The fraction of sp³-hybridized carbons (Fsp3) is 0.528. The Balaban J connectivity index is 1.09. The highest BCUT2D eigenvalue weighted by molar-refractivity contribution is 9.11. The van der Waals surface area contributed by atoms with Crippen LogP contribution in [-0.2, 0) is 11.2 Å². The fourth-order valence-electron chi connectivity index (χ4n) is 7.78. The molecule has 3 fully saturated rings. The van der Waals surface area contributed by atoms with Gasteiger partial charge in [0.05, 0.1) is 11.4 Å². The molecule has 0 radical (unpaired) electrons. The van der Waals surface area contributed by atoms with Gasteiger partial charge in [0.1, 0.15) is 6.04 Å². The van der Waals surface area contributed by atoms with Crippen molar-refractivity contribution in [2.24, 2.45) is 11.8 Å². The molecule has 12 heteroatoms. The summed E-state index contributed by atoms with van der Waals surface area (Å²) in [6.45, 7) is 8.14. The molecule has 3 aliphatic heterocycles.